The summed E-state index contributed by atoms with van der Waals surface area (Å²) >= 11 is 5.34. The number of amides is 1. The standard InChI is InChI=1S/C28H40N2O2S/c1-2-3-4-5-6-7-8-9-10-11-15-22-27(31)30-28(33)29-25-20-16-17-21-26(25)32-23-24-18-13-12-14-19-24/h12-14,16-21H,2-11,15,22-23H2,1H3,(H2,29,30,31,33). The Morgan fingerprint density at radius 2 is 1.36 bits per heavy atom. The van der Waals surface area contributed by atoms with Crippen molar-refractivity contribution in [3.05, 3.63) is 60.2 Å². The van der Waals surface area contributed by atoms with Gasteiger partial charge in [-0.3, -0.25) is 4.79 Å². The maximum absolute atomic E-state index is 12.2. The summed E-state index contributed by atoms with van der Waals surface area (Å²) in [4.78, 5) is 12.2. The van der Waals surface area contributed by atoms with Crippen LogP contribution in [-0.4, -0.2) is 11.0 Å². The van der Waals surface area contributed by atoms with Gasteiger partial charge in [0, 0.05) is 6.42 Å². The van der Waals surface area contributed by atoms with Crippen molar-refractivity contribution in [2.75, 3.05) is 5.32 Å². The molecule has 0 aliphatic carbocycles. The molecule has 2 rings (SSSR count). The van der Waals surface area contributed by atoms with E-state index in [-0.39, 0.29) is 5.91 Å². The molecule has 0 saturated carbocycles. The average Bonchev–Trinajstić information content (AvgIpc) is 2.82. The topological polar surface area (TPSA) is 50.4 Å². The number of rotatable bonds is 16. The van der Waals surface area contributed by atoms with Gasteiger partial charge in [0.2, 0.25) is 5.91 Å². The van der Waals surface area contributed by atoms with Crippen LogP contribution in [0.25, 0.3) is 0 Å². The van der Waals surface area contributed by atoms with Crippen molar-refractivity contribution in [1.29, 1.82) is 0 Å². The zero-order valence-electron chi connectivity index (χ0n) is 20.1. The average molecular weight is 469 g/mol. The molecule has 2 N–H and O–H groups in total. The van der Waals surface area contributed by atoms with Crippen LogP contribution >= 0.6 is 12.2 Å². The fourth-order valence-corrected chi connectivity index (χ4v) is 3.95. The molecule has 0 saturated heterocycles. The Kier molecular flexibility index (Phi) is 13.9. The molecular formula is C28H40N2O2S. The Balaban J connectivity index is 1.58. The molecule has 0 atom stereocenters. The Labute approximate surface area is 205 Å². The largest absolute Gasteiger partial charge is 0.487 e. The molecule has 0 fully saturated rings. The van der Waals surface area contributed by atoms with E-state index in [0.29, 0.717) is 23.9 Å². The molecule has 0 radical (unpaired) electrons. The number of carbonyl (C=O) groups excluding carboxylic acids is 1. The van der Waals surface area contributed by atoms with Crippen molar-refractivity contribution >= 4 is 28.9 Å². The van der Waals surface area contributed by atoms with Gasteiger partial charge in [0.05, 0.1) is 5.69 Å². The Morgan fingerprint density at radius 3 is 2.03 bits per heavy atom. The molecule has 2 aromatic rings. The van der Waals surface area contributed by atoms with E-state index in [2.05, 4.69) is 17.6 Å². The minimum atomic E-state index is -0.0360. The third-order valence-corrected chi connectivity index (χ3v) is 5.84. The summed E-state index contributed by atoms with van der Waals surface area (Å²) in [5, 5.41) is 6.19. The first-order chi connectivity index (χ1) is 16.2. The lowest BCUT2D eigenvalue weighted by atomic mass is 10.1. The molecule has 0 unspecified atom stereocenters. The molecule has 0 aliphatic heterocycles. The number of carbonyl (C=O) groups is 1. The van der Waals surface area contributed by atoms with E-state index in [1.54, 1.807) is 0 Å². The molecule has 180 valence electrons. The molecule has 33 heavy (non-hydrogen) atoms. The number of anilines is 1. The highest BCUT2D eigenvalue weighted by Gasteiger charge is 2.08. The first-order valence-electron chi connectivity index (χ1n) is 12.6. The highest BCUT2D eigenvalue weighted by molar-refractivity contribution is 7.80. The maximum Gasteiger partial charge on any atom is 0.226 e. The van der Waals surface area contributed by atoms with Crippen molar-refractivity contribution in [2.45, 2.75) is 90.6 Å². The molecule has 5 heteroatoms. The minimum Gasteiger partial charge on any atom is -0.487 e. The second kappa shape index (κ2) is 17.1. The lowest BCUT2D eigenvalue weighted by Crippen LogP contribution is -2.34. The second-order valence-corrected chi connectivity index (χ2v) is 8.97. The van der Waals surface area contributed by atoms with E-state index in [4.69, 9.17) is 17.0 Å². The van der Waals surface area contributed by atoms with Gasteiger partial charge in [-0.05, 0) is 36.3 Å². The molecule has 0 bridgehead atoms. The van der Waals surface area contributed by atoms with Crippen LogP contribution in [0.2, 0.25) is 0 Å². The lowest BCUT2D eigenvalue weighted by molar-refractivity contribution is -0.119. The van der Waals surface area contributed by atoms with E-state index in [1.165, 1.54) is 57.8 Å². The summed E-state index contributed by atoms with van der Waals surface area (Å²) in [5.41, 5.74) is 1.84. The number of hydrogen-bond acceptors (Lipinski definition) is 3. The highest BCUT2D eigenvalue weighted by Crippen LogP contribution is 2.24. The number of nitrogens with one attached hydrogen (secondary N) is 2. The van der Waals surface area contributed by atoms with E-state index < -0.39 is 0 Å². The Morgan fingerprint density at radius 1 is 0.788 bits per heavy atom. The van der Waals surface area contributed by atoms with Crippen LogP contribution < -0.4 is 15.4 Å². The van der Waals surface area contributed by atoms with Gasteiger partial charge in [-0.1, -0.05) is 114 Å². The first kappa shape index (κ1) is 26.8. The Bertz CT molecular complexity index is 811. The van der Waals surface area contributed by atoms with Gasteiger partial charge >= 0.3 is 0 Å². The van der Waals surface area contributed by atoms with Gasteiger partial charge < -0.3 is 15.4 Å². The van der Waals surface area contributed by atoms with E-state index in [0.717, 1.165) is 24.1 Å². The number of hydrogen-bond donors (Lipinski definition) is 2. The van der Waals surface area contributed by atoms with Crippen LogP contribution in [0.15, 0.2) is 54.6 Å². The summed E-state index contributed by atoms with van der Waals surface area (Å²) in [6, 6.07) is 17.6. The predicted octanol–water partition coefficient (Wildman–Crippen LogP) is 7.78. The van der Waals surface area contributed by atoms with Crippen molar-refractivity contribution in [2.24, 2.45) is 0 Å². The molecule has 0 aliphatic rings. The van der Waals surface area contributed by atoms with Crippen LogP contribution in [0.5, 0.6) is 5.75 Å². The molecule has 0 aromatic heterocycles. The van der Waals surface area contributed by atoms with Crippen LogP contribution in [-0.2, 0) is 11.4 Å². The van der Waals surface area contributed by atoms with Crippen molar-refractivity contribution < 1.29 is 9.53 Å². The summed E-state index contributed by atoms with van der Waals surface area (Å²) < 4.78 is 5.94. The molecular weight excluding hydrogens is 428 g/mol. The number of ether oxygens (including phenoxy) is 1. The van der Waals surface area contributed by atoms with Gasteiger partial charge in [-0.2, -0.15) is 0 Å². The van der Waals surface area contributed by atoms with Gasteiger partial charge in [-0.25, -0.2) is 0 Å². The number of unbranched alkanes of at least 4 members (excludes halogenated alkanes) is 10. The van der Waals surface area contributed by atoms with Crippen molar-refractivity contribution in [3.63, 3.8) is 0 Å². The third kappa shape index (κ3) is 12.4. The van der Waals surface area contributed by atoms with Crippen LogP contribution in [0.4, 0.5) is 5.69 Å². The minimum absolute atomic E-state index is 0.0360. The normalized spacial score (nSPS) is 10.6. The highest BCUT2D eigenvalue weighted by atomic mass is 32.1. The van der Waals surface area contributed by atoms with Gasteiger partial charge in [-0.15, -0.1) is 0 Å². The maximum atomic E-state index is 12.2. The van der Waals surface area contributed by atoms with Crippen LogP contribution in [0, 0.1) is 0 Å². The van der Waals surface area contributed by atoms with E-state index in [1.807, 2.05) is 54.6 Å². The Hall–Kier alpha value is -2.40. The van der Waals surface area contributed by atoms with Crippen LogP contribution in [0.1, 0.15) is 89.5 Å². The number of para-hydroxylation sites is 2. The number of thiocarbonyl (C=S) groups is 1. The lowest BCUT2D eigenvalue weighted by Gasteiger charge is -2.14. The van der Waals surface area contributed by atoms with E-state index >= 15 is 0 Å². The molecule has 0 spiro atoms. The smallest absolute Gasteiger partial charge is 0.226 e. The van der Waals surface area contributed by atoms with Crippen LogP contribution in [0.3, 0.4) is 0 Å². The zero-order chi connectivity index (χ0) is 23.6. The summed E-state index contributed by atoms with van der Waals surface area (Å²) in [5.74, 6) is 0.662. The first-order valence-corrected chi connectivity index (χ1v) is 13.0. The number of benzene rings is 2. The van der Waals surface area contributed by atoms with Gasteiger partial charge in [0.1, 0.15) is 12.4 Å². The second-order valence-electron chi connectivity index (χ2n) is 8.56. The van der Waals surface area contributed by atoms with Gasteiger partial charge in [0.25, 0.3) is 0 Å². The van der Waals surface area contributed by atoms with Gasteiger partial charge in [0.15, 0.2) is 5.11 Å². The van der Waals surface area contributed by atoms with Crippen molar-refractivity contribution in [1.82, 2.24) is 5.32 Å². The predicted molar refractivity (Wildman–Crippen MR) is 143 cm³/mol. The molecule has 0 heterocycles. The molecule has 2 aromatic carbocycles. The fraction of sp³-hybridized carbons (Fsp3) is 0.500. The van der Waals surface area contributed by atoms with Crippen molar-refractivity contribution in [3.8, 4) is 5.75 Å². The molecule has 1 amide bonds. The summed E-state index contributed by atoms with van der Waals surface area (Å²) in [6.07, 6.45) is 14.5. The fourth-order valence-electron chi connectivity index (χ4n) is 3.72. The monoisotopic (exact) mass is 468 g/mol. The quantitative estimate of drug-likeness (QED) is 0.195. The summed E-state index contributed by atoms with van der Waals surface area (Å²) in [6.45, 7) is 2.73. The third-order valence-electron chi connectivity index (χ3n) is 5.63. The summed E-state index contributed by atoms with van der Waals surface area (Å²) in [7, 11) is 0. The SMILES string of the molecule is CCCCCCCCCCCCCC(=O)NC(=S)Nc1ccccc1OCc1ccccc1. The van der Waals surface area contributed by atoms with E-state index in [9.17, 15) is 4.79 Å². The molecule has 4 nitrogen and oxygen atoms in total. The zero-order valence-corrected chi connectivity index (χ0v) is 20.9.